The van der Waals surface area contributed by atoms with Gasteiger partial charge in [-0.25, -0.2) is 4.57 Å². The second kappa shape index (κ2) is 17.4. The van der Waals surface area contributed by atoms with Gasteiger partial charge in [-0.2, -0.15) is 0 Å². The summed E-state index contributed by atoms with van der Waals surface area (Å²) in [6.45, 7) is 4.43. The van der Waals surface area contributed by atoms with Crippen molar-refractivity contribution in [1.29, 1.82) is 0 Å². The van der Waals surface area contributed by atoms with Crippen LogP contribution in [0.15, 0.2) is 54.2 Å². The van der Waals surface area contributed by atoms with E-state index in [-0.39, 0.29) is 7.43 Å². The third kappa shape index (κ3) is 12.2. The Hall–Kier alpha value is -2.47. The Morgan fingerprint density at radius 1 is 0.933 bits per heavy atom. The maximum Gasteiger partial charge on any atom is 0.171 e. The standard InChI is InChI=1S/C22H32N5O2.CH3/c23-26-25-12-5-17-28-16-4-10-22-8-2-13-27(20-22)14-6-18-29-15-3-9-21-7-1-11-24-19-21;/h1-2,7-8,11,13,19-20H,3-6,9-10,12,14-18H2;1H3/q+1;-1. The Morgan fingerprint density at radius 2 is 1.63 bits per heavy atom. The van der Waals surface area contributed by atoms with E-state index in [1.165, 1.54) is 11.1 Å². The van der Waals surface area contributed by atoms with Crippen LogP contribution in [0.2, 0.25) is 0 Å². The molecule has 2 heterocycles. The number of azide groups is 1. The molecule has 0 fully saturated rings. The Kier molecular flexibility index (Phi) is 14.8. The Balaban J connectivity index is 0.00000450. The first-order chi connectivity index (χ1) is 14.4. The molecule has 0 aliphatic carbocycles. The van der Waals surface area contributed by atoms with Crippen molar-refractivity contribution in [2.24, 2.45) is 5.11 Å². The van der Waals surface area contributed by atoms with Crippen LogP contribution in [0.3, 0.4) is 0 Å². The third-order valence-electron chi connectivity index (χ3n) is 4.47. The molecule has 0 spiro atoms. The topological polar surface area (TPSA) is 84.0 Å². The molecule has 0 atom stereocenters. The number of pyridine rings is 2. The molecule has 0 saturated carbocycles. The zero-order valence-corrected chi connectivity index (χ0v) is 18.2. The summed E-state index contributed by atoms with van der Waals surface area (Å²) in [7, 11) is 0. The lowest BCUT2D eigenvalue weighted by atomic mass is 10.1. The van der Waals surface area contributed by atoms with Crippen molar-refractivity contribution in [3.8, 4) is 0 Å². The van der Waals surface area contributed by atoms with Gasteiger partial charge in [-0.05, 0) is 55.3 Å². The summed E-state index contributed by atoms with van der Waals surface area (Å²) in [6, 6.07) is 8.34. The quantitative estimate of drug-likeness (QED) is 0.101. The predicted octanol–water partition coefficient (Wildman–Crippen LogP) is 4.51. The Bertz CT molecular complexity index is 721. The van der Waals surface area contributed by atoms with Crippen LogP contribution in [-0.4, -0.2) is 38.0 Å². The van der Waals surface area contributed by atoms with Crippen molar-refractivity contribution in [2.45, 2.75) is 45.1 Å². The summed E-state index contributed by atoms with van der Waals surface area (Å²) >= 11 is 0. The lowest BCUT2D eigenvalue weighted by Crippen LogP contribution is -2.33. The molecule has 0 saturated heterocycles. The molecule has 0 aliphatic rings. The van der Waals surface area contributed by atoms with Crippen molar-refractivity contribution in [2.75, 3.05) is 33.0 Å². The molecular weight excluding hydrogens is 378 g/mol. The monoisotopic (exact) mass is 413 g/mol. The van der Waals surface area contributed by atoms with E-state index in [2.05, 4.69) is 50.2 Å². The lowest BCUT2D eigenvalue weighted by Gasteiger charge is -2.05. The van der Waals surface area contributed by atoms with E-state index in [1.807, 2.05) is 12.3 Å². The fourth-order valence-corrected chi connectivity index (χ4v) is 3.00. The summed E-state index contributed by atoms with van der Waals surface area (Å²) in [5.41, 5.74) is 10.8. The number of hydrogen-bond donors (Lipinski definition) is 0. The predicted molar refractivity (Wildman–Crippen MR) is 119 cm³/mol. The summed E-state index contributed by atoms with van der Waals surface area (Å²) in [5, 5.41) is 3.49. The van der Waals surface area contributed by atoms with E-state index in [4.69, 9.17) is 15.0 Å². The Labute approximate surface area is 180 Å². The summed E-state index contributed by atoms with van der Waals surface area (Å²) in [5.74, 6) is 0. The van der Waals surface area contributed by atoms with E-state index < -0.39 is 0 Å². The highest BCUT2D eigenvalue weighted by molar-refractivity contribution is 5.08. The third-order valence-corrected chi connectivity index (χ3v) is 4.47. The lowest BCUT2D eigenvalue weighted by molar-refractivity contribution is -0.697. The van der Waals surface area contributed by atoms with Gasteiger partial charge in [0.15, 0.2) is 18.9 Å². The number of hydrogen-bond acceptors (Lipinski definition) is 4. The minimum atomic E-state index is 0. The molecule has 0 amide bonds. The second-order valence-corrected chi connectivity index (χ2v) is 6.90. The molecule has 0 aromatic carbocycles. The van der Waals surface area contributed by atoms with Gasteiger partial charge in [-0.15, -0.1) is 0 Å². The summed E-state index contributed by atoms with van der Waals surface area (Å²) < 4.78 is 13.6. The highest BCUT2D eigenvalue weighted by atomic mass is 16.5. The number of nitrogens with zero attached hydrogens (tertiary/aromatic N) is 5. The van der Waals surface area contributed by atoms with Crippen molar-refractivity contribution >= 4 is 0 Å². The summed E-state index contributed by atoms with van der Waals surface area (Å²) in [6.07, 6.45) is 13.9. The zero-order valence-electron chi connectivity index (χ0n) is 18.2. The molecule has 7 heteroatoms. The van der Waals surface area contributed by atoms with E-state index in [0.29, 0.717) is 13.2 Å². The van der Waals surface area contributed by atoms with Gasteiger partial charge in [0.05, 0.1) is 6.61 Å². The van der Waals surface area contributed by atoms with E-state index in [0.717, 1.165) is 64.9 Å². The van der Waals surface area contributed by atoms with Crippen LogP contribution in [0.25, 0.3) is 10.4 Å². The van der Waals surface area contributed by atoms with Crippen LogP contribution in [0, 0.1) is 7.43 Å². The maximum absolute atomic E-state index is 8.20. The molecule has 2 aromatic rings. The van der Waals surface area contributed by atoms with Crippen LogP contribution in [0.1, 0.15) is 36.8 Å². The molecule has 2 aromatic heterocycles. The Morgan fingerprint density at radius 3 is 2.37 bits per heavy atom. The largest absolute Gasteiger partial charge is 0.381 e. The van der Waals surface area contributed by atoms with Crippen LogP contribution in [-0.2, 0) is 28.9 Å². The van der Waals surface area contributed by atoms with Gasteiger partial charge in [0, 0.05) is 61.7 Å². The van der Waals surface area contributed by atoms with Crippen LogP contribution < -0.4 is 4.57 Å². The highest BCUT2D eigenvalue weighted by Gasteiger charge is 2.03. The molecule has 0 aliphatic heterocycles. The normalized spacial score (nSPS) is 10.3. The molecule has 0 unspecified atom stereocenters. The molecule has 0 bridgehead atoms. The number of aryl methyl sites for hydroxylation is 3. The van der Waals surface area contributed by atoms with E-state index >= 15 is 0 Å². The van der Waals surface area contributed by atoms with Gasteiger partial charge < -0.3 is 16.9 Å². The number of ether oxygens (including phenoxy) is 2. The van der Waals surface area contributed by atoms with Crippen molar-refractivity contribution < 1.29 is 14.0 Å². The minimum Gasteiger partial charge on any atom is -0.381 e. The van der Waals surface area contributed by atoms with Gasteiger partial charge in [-0.3, -0.25) is 4.98 Å². The fraction of sp³-hybridized carbons (Fsp3) is 0.522. The van der Waals surface area contributed by atoms with Gasteiger partial charge in [-0.1, -0.05) is 11.2 Å². The first-order valence-electron chi connectivity index (χ1n) is 10.4. The number of aromatic nitrogens is 2. The van der Waals surface area contributed by atoms with Crippen molar-refractivity contribution in [3.05, 3.63) is 78.0 Å². The van der Waals surface area contributed by atoms with Gasteiger partial charge >= 0.3 is 0 Å². The molecular formula is C23H35N5O2. The molecule has 0 radical (unpaired) electrons. The molecule has 164 valence electrons. The first-order valence-corrected chi connectivity index (χ1v) is 10.4. The van der Waals surface area contributed by atoms with Crippen LogP contribution in [0.5, 0.6) is 0 Å². The minimum absolute atomic E-state index is 0. The average molecular weight is 414 g/mol. The SMILES string of the molecule is [CH3-].[N-]=[N+]=NCCCOCCCc1ccc[n+](CCCOCCCc2cccnc2)c1. The van der Waals surface area contributed by atoms with Crippen LogP contribution >= 0.6 is 0 Å². The second-order valence-electron chi connectivity index (χ2n) is 6.90. The maximum atomic E-state index is 8.20. The molecule has 7 nitrogen and oxygen atoms in total. The number of rotatable bonds is 16. The van der Waals surface area contributed by atoms with Gasteiger partial charge in [0.2, 0.25) is 0 Å². The van der Waals surface area contributed by atoms with Gasteiger partial charge in [0.25, 0.3) is 0 Å². The smallest absolute Gasteiger partial charge is 0.171 e. The highest BCUT2D eigenvalue weighted by Crippen LogP contribution is 2.02. The summed E-state index contributed by atoms with van der Waals surface area (Å²) in [4.78, 5) is 6.86. The van der Waals surface area contributed by atoms with Crippen LogP contribution in [0.4, 0.5) is 0 Å². The fourth-order valence-electron chi connectivity index (χ4n) is 3.00. The van der Waals surface area contributed by atoms with Crippen molar-refractivity contribution in [1.82, 2.24) is 4.98 Å². The van der Waals surface area contributed by atoms with E-state index in [1.54, 1.807) is 6.20 Å². The van der Waals surface area contributed by atoms with Crippen molar-refractivity contribution in [3.63, 3.8) is 0 Å². The molecule has 0 N–H and O–H groups in total. The molecule has 2 rings (SSSR count). The average Bonchev–Trinajstić information content (AvgIpc) is 2.76. The molecule has 30 heavy (non-hydrogen) atoms. The van der Waals surface area contributed by atoms with E-state index in [9.17, 15) is 0 Å². The van der Waals surface area contributed by atoms with Gasteiger partial charge in [0.1, 0.15) is 0 Å². The zero-order chi connectivity index (χ0) is 20.4. The first kappa shape index (κ1) is 25.6.